The fourth-order valence-electron chi connectivity index (χ4n) is 3.72. The van der Waals surface area contributed by atoms with Crippen LogP contribution in [0.2, 0.25) is 0 Å². The fourth-order valence-corrected chi connectivity index (χ4v) is 4.56. The number of aryl methyl sites for hydroxylation is 1. The van der Waals surface area contributed by atoms with Crippen LogP contribution < -0.4 is 14.4 Å². The first kappa shape index (κ1) is 27.3. The average molecular weight is 509 g/mol. The lowest BCUT2D eigenvalue weighted by atomic mass is 10.1. The van der Waals surface area contributed by atoms with Gasteiger partial charge in [-0.2, -0.15) is 0 Å². The topological polar surface area (TPSA) is 67.8 Å². The minimum Gasteiger partial charge on any atom is -0.493 e. The third-order valence-electron chi connectivity index (χ3n) is 6.28. The van der Waals surface area contributed by atoms with Crippen LogP contribution in [-0.2, 0) is 12.2 Å². The normalized spacial score (nSPS) is 10.8. The maximum Gasteiger partial charge on any atom is 0.253 e. The Morgan fingerprint density at radius 2 is 1.61 bits per heavy atom. The SMILES string of the molecule is CCN(C)C(=O)c1ccc(CSc2nc(C)c(C)c(N(C)CCc3ccc(OC)c(OC)c3)n2)cc1. The summed E-state index contributed by atoms with van der Waals surface area (Å²) in [5.41, 5.74) is 5.06. The second kappa shape index (κ2) is 12.6. The molecule has 1 amide bonds. The number of carbonyl (C=O) groups excluding carboxylic acids is 1. The van der Waals surface area contributed by atoms with Gasteiger partial charge in [-0.1, -0.05) is 30.0 Å². The van der Waals surface area contributed by atoms with E-state index < -0.39 is 0 Å². The van der Waals surface area contributed by atoms with Crippen LogP contribution in [0.5, 0.6) is 11.5 Å². The molecule has 0 fully saturated rings. The Bertz CT molecular complexity index is 1180. The molecule has 0 spiro atoms. The van der Waals surface area contributed by atoms with Crippen molar-refractivity contribution in [3.05, 3.63) is 70.4 Å². The number of hydrogen-bond donors (Lipinski definition) is 0. The molecular weight excluding hydrogens is 472 g/mol. The van der Waals surface area contributed by atoms with Gasteiger partial charge < -0.3 is 19.3 Å². The van der Waals surface area contributed by atoms with Crippen LogP contribution in [-0.4, -0.2) is 62.2 Å². The minimum atomic E-state index is 0.0370. The number of thioether (sulfide) groups is 1. The molecule has 0 N–H and O–H groups in total. The van der Waals surface area contributed by atoms with Gasteiger partial charge in [0.25, 0.3) is 5.91 Å². The van der Waals surface area contributed by atoms with Crippen molar-refractivity contribution in [2.45, 2.75) is 38.1 Å². The standard InChI is InChI=1S/C28H36N4O3S/c1-8-31(4)27(33)23-12-9-22(10-13-23)18-36-28-29-20(3)19(2)26(30-28)32(5)16-15-21-11-14-24(34-6)25(17-21)35-7/h9-14,17H,8,15-16,18H2,1-7H3. The van der Waals surface area contributed by atoms with E-state index in [1.54, 1.807) is 30.9 Å². The third-order valence-corrected chi connectivity index (χ3v) is 7.20. The first-order valence-corrected chi connectivity index (χ1v) is 13.0. The molecule has 0 saturated carbocycles. The van der Waals surface area contributed by atoms with Gasteiger partial charge in [0, 0.05) is 49.8 Å². The molecule has 7 nitrogen and oxygen atoms in total. The molecule has 0 unspecified atom stereocenters. The molecule has 0 aliphatic carbocycles. The number of methoxy groups -OCH3 is 2. The van der Waals surface area contributed by atoms with Crippen molar-refractivity contribution in [2.75, 3.05) is 46.3 Å². The van der Waals surface area contributed by atoms with Gasteiger partial charge in [0.2, 0.25) is 0 Å². The van der Waals surface area contributed by atoms with E-state index >= 15 is 0 Å². The van der Waals surface area contributed by atoms with Crippen molar-refractivity contribution in [3.8, 4) is 11.5 Å². The number of nitrogens with zero attached hydrogens (tertiary/aromatic N) is 4. The lowest BCUT2D eigenvalue weighted by Crippen LogP contribution is -2.26. The third kappa shape index (κ3) is 6.69. The van der Waals surface area contributed by atoms with Gasteiger partial charge in [0.15, 0.2) is 16.7 Å². The van der Waals surface area contributed by atoms with Crippen molar-refractivity contribution in [3.63, 3.8) is 0 Å². The summed E-state index contributed by atoms with van der Waals surface area (Å²) in [6.45, 7) is 7.55. The second-order valence-electron chi connectivity index (χ2n) is 8.71. The van der Waals surface area contributed by atoms with Crippen molar-refractivity contribution < 1.29 is 14.3 Å². The molecule has 0 radical (unpaired) electrons. The Balaban J connectivity index is 1.66. The molecule has 36 heavy (non-hydrogen) atoms. The highest BCUT2D eigenvalue weighted by Crippen LogP contribution is 2.29. The summed E-state index contributed by atoms with van der Waals surface area (Å²) in [5, 5.41) is 0.747. The lowest BCUT2D eigenvalue weighted by Gasteiger charge is -2.22. The maximum absolute atomic E-state index is 12.3. The molecule has 3 rings (SSSR count). The highest BCUT2D eigenvalue weighted by Gasteiger charge is 2.14. The number of likely N-dealkylation sites (N-methyl/N-ethyl adjacent to an activating group) is 1. The van der Waals surface area contributed by atoms with Crippen LogP contribution in [0.4, 0.5) is 5.82 Å². The smallest absolute Gasteiger partial charge is 0.253 e. The molecule has 0 atom stereocenters. The molecular formula is C28H36N4O3S. The molecule has 3 aromatic rings. The summed E-state index contributed by atoms with van der Waals surface area (Å²) in [7, 11) is 7.17. The first-order valence-electron chi connectivity index (χ1n) is 12.0. The van der Waals surface area contributed by atoms with E-state index in [9.17, 15) is 4.79 Å². The largest absolute Gasteiger partial charge is 0.493 e. The monoisotopic (exact) mass is 508 g/mol. The molecule has 192 valence electrons. The van der Waals surface area contributed by atoms with Gasteiger partial charge in [0.05, 0.1) is 14.2 Å². The highest BCUT2D eigenvalue weighted by molar-refractivity contribution is 7.98. The summed E-state index contributed by atoms with van der Waals surface area (Å²) in [6.07, 6.45) is 0.847. The highest BCUT2D eigenvalue weighted by atomic mass is 32.2. The Morgan fingerprint density at radius 3 is 2.25 bits per heavy atom. The van der Waals surface area contributed by atoms with Crippen molar-refractivity contribution >= 4 is 23.5 Å². The van der Waals surface area contributed by atoms with Crippen LogP contribution in [0.1, 0.15) is 39.7 Å². The van der Waals surface area contributed by atoms with Gasteiger partial charge in [0.1, 0.15) is 5.82 Å². The van der Waals surface area contributed by atoms with Gasteiger partial charge in [-0.05, 0) is 62.6 Å². The minimum absolute atomic E-state index is 0.0370. The number of ether oxygens (including phenoxy) is 2. The molecule has 8 heteroatoms. The van der Waals surface area contributed by atoms with E-state index in [2.05, 4.69) is 24.9 Å². The zero-order chi connectivity index (χ0) is 26.2. The Morgan fingerprint density at radius 1 is 0.944 bits per heavy atom. The molecule has 0 saturated heterocycles. The molecule has 0 aliphatic rings. The van der Waals surface area contributed by atoms with Gasteiger partial charge in [-0.3, -0.25) is 4.79 Å². The first-order chi connectivity index (χ1) is 17.3. The van der Waals surface area contributed by atoms with Crippen LogP contribution in [0.25, 0.3) is 0 Å². The number of anilines is 1. The number of aromatic nitrogens is 2. The maximum atomic E-state index is 12.3. The Kier molecular flexibility index (Phi) is 9.58. The number of hydrogen-bond acceptors (Lipinski definition) is 7. The second-order valence-corrected chi connectivity index (χ2v) is 9.65. The van der Waals surface area contributed by atoms with E-state index in [4.69, 9.17) is 19.4 Å². The summed E-state index contributed by atoms with van der Waals surface area (Å²) in [5.74, 6) is 3.17. The quantitative estimate of drug-likeness (QED) is 0.261. The van der Waals surface area contributed by atoms with Crippen molar-refractivity contribution in [2.24, 2.45) is 0 Å². The predicted octanol–water partition coefficient (Wildman–Crippen LogP) is 5.17. The summed E-state index contributed by atoms with van der Waals surface area (Å²) < 4.78 is 10.8. The molecule has 0 bridgehead atoms. The van der Waals surface area contributed by atoms with Crippen molar-refractivity contribution in [1.29, 1.82) is 0 Å². The van der Waals surface area contributed by atoms with Crippen LogP contribution in [0.3, 0.4) is 0 Å². The average Bonchev–Trinajstić information content (AvgIpc) is 2.91. The van der Waals surface area contributed by atoms with E-state index in [0.717, 1.165) is 58.0 Å². The molecule has 1 aromatic heterocycles. The van der Waals surface area contributed by atoms with Crippen LogP contribution in [0.15, 0.2) is 47.6 Å². The molecule has 1 heterocycles. The molecule has 0 aliphatic heterocycles. The van der Waals surface area contributed by atoms with E-state index in [0.29, 0.717) is 12.1 Å². The number of carbonyl (C=O) groups is 1. The predicted molar refractivity (Wildman–Crippen MR) is 147 cm³/mol. The van der Waals surface area contributed by atoms with Gasteiger partial charge in [-0.15, -0.1) is 0 Å². The van der Waals surface area contributed by atoms with E-state index in [1.807, 2.05) is 57.3 Å². The van der Waals surface area contributed by atoms with Gasteiger partial charge in [-0.25, -0.2) is 9.97 Å². The van der Waals surface area contributed by atoms with Crippen LogP contribution >= 0.6 is 11.8 Å². The fraction of sp³-hybridized carbons (Fsp3) is 0.393. The van der Waals surface area contributed by atoms with Crippen molar-refractivity contribution in [1.82, 2.24) is 14.9 Å². The lowest BCUT2D eigenvalue weighted by molar-refractivity contribution is 0.0802. The summed E-state index contributed by atoms with van der Waals surface area (Å²) in [4.78, 5) is 25.8. The zero-order valence-electron chi connectivity index (χ0n) is 22.3. The van der Waals surface area contributed by atoms with E-state index in [1.165, 1.54) is 5.56 Å². The number of rotatable bonds is 11. The zero-order valence-corrected chi connectivity index (χ0v) is 23.1. The van der Waals surface area contributed by atoms with Gasteiger partial charge >= 0.3 is 0 Å². The van der Waals surface area contributed by atoms with Crippen LogP contribution in [0, 0.1) is 13.8 Å². The summed E-state index contributed by atoms with van der Waals surface area (Å²) in [6, 6.07) is 13.8. The number of amides is 1. The number of benzene rings is 2. The molecule has 2 aromatic carbocycles. The Labute approximate surface area is 218 Å². The summed E-state index contributed by atoms with van der Waals surface area (Å²) >= 11 is 1.60. The Hall–Kier alpha value is -3.26. The van der Waals surface area contributed by atoms with E-state index in [-0.39, 0.29) is 5.91 Å².